The van der Waals surface area contributed by atoms with Gasteiger partial charge in [0.15, 0.2) is 0 Å². The summed E-state index contributed by atoms with van der Waals surface area (Å²) in [5, 5.41) is 29.2. The highest BCUT2D eigenvalue weighted by molar-refractivity contribution is 5.69. The van der Waals surface area contributed by atoms with E-state index in [1.54, 1.807) is 25.0 Å². The first kappa shape index (κ1) is 53.1. The van der Waals surface area contributed by atoms with E-state index in [0.29, 0.717) is 36.5 Å². The van der Waals surface area contributed by atoms with Crippen molar-refractivity contribution >= 4 is 11.9 Å². The molecule has 0 radical (unpaired) electrons. The number of rotatable bonds is 25. The van der Waals surface area contributed by atoms with Gasteiger partial charge < -0.3 is 24.8 Å². The van der Waals surface area contributed by atoms with Gasteiger partial charge in [-0.05, 0) is 218 Å². The van der Waals surface area contributed by atoms with Gasteiger partial charge in [0.2, 0.25) is 0 Å². The highest BCUT2D eigenvalue weighted by Crippen LogP contribution is 2.50. The van der Waals surface area contributed by atoms with Crippen LogP contribution in [-0.2, 0) is 19.1 Å². The fourth-order valence-corrected chi connectivity index (χ4v) is 11.0. The van der Waals surface area contributed by atoms with Crippen LogP contribution in [0.4, 0.5) is 0 Å². The summed E-state index contributed by atoms with van der Waals surface area (Å²) in [6.07, 6.45) is 31.5. The molecule has 2 aliphatic carbocycles. The molecule has 11 atom stereocenters. The lowest BCUT2D eigenvalue weighted by Gasteiger charge is -2.50. The van der Waals surface area contributed by atoms with Crippen molar-refractivity contribution in [3.63, 3.8) is 0 Å². The van der Waals surface area contributed by atoms with Crippen molar-refractivity contribution in [2.45, 2.75) is 246 Å². The maximum absolute atomic E-state index is 11.1. The minimum Gasteiger partial charge on any atom is -0.481 e. The first-order valence-electron chi connectivity index (χ1n) is 25.5. The fourth-order valence-electron chi connectivity index (χ4n) is 11.0. The third-order valence-electron chi connectivity index (χ3n) is 16.2. The lowest BCUT2D eigenvalue weighted by molar-refractivity contribution is -0.142. The molecule has 2 aliphatic heterocycles. The van der Waals surface area contributed by atoms with Gasteiger partial charge in [0.25, 0.3) is 0 Å². The fraction of sp³-hybridized carbons (Fsp3) is 0.786. The summed E-state index contributed by atoms with van der Waals surface area (Å²) in [6, 6.07) is 0. The Labute approximate surface area is 384 Å². The molecule has 4 rings (SSSR count). The monoisotopic (exact) mass is 877 g/mol. The molecular weight excluding hydrogens is 785 g/mol. The molecule has 0 aromatic heterocycles. The number of fused-ring (bicyclic) bond motifs is 2. The Morgan fingerprint density at radius 1 is 0.762 bits per heavy atom. The van der Waals surface area contributed by atoms with Gasteiger partial charge in [-0.3, -0.25) is 9.59 Å². The third-order valence-corrected chi connectivity index (χ3v) is 16.2. The molecule has 0 spiro atoms. The standard InChI is InChI=1S/C56H92O7/c1-38(20-13-24-42(5)52(57)58)18-12-19-39(2)22-15-33-56(11)35-29-48-47(36-44(7)45(8)50(48)62-56)37-49-41(4)26-27-46-28-34-55(10,63-51(46)49)32-16-23-40(3)21-14-30-54(9,61)31-17-25-43(6)53(59)60/h18,22-23,27,41-45,49-51,61H,12-17,19-21,24-26,28-37H2,1-11H3,(H,57,58)(H,59,60)/b38-18+,39-22+,40-23+. The molecule has 7 nitrogen and oxygen atoms in total. The zero-order chi connectivity index (χ0) is 46.5. The second-order valence-electron chi connectivity index (χ2n) is 22.4. The number of carboxylic acids is 2. The van der Waals surface area contributed by atoms with Gasteiger partial charge in [0.1, 0.15) is 0 Å². The quantitative estimate of drug-likeness (QED) is 0.0783. The van der Waals surface area contributed by atoms with E-state index in [9.17, 15) is 14.7 Å². The number of carbonyl (C=O) groups is 2. The van der Waals surface area contributed by atoms with Crippen molar-refractivity contribution in [3.05, 3.63) is 57.7 Å². The Kier molecular flexibility index (Phi) is 20.5. The molecule has 0 amide bonds. The number of carboxylic acid groups (broad SMARTS) is 2. The molecule has 11 unspecified atom stereocenters. The van der Waals surface area contributed by atoms with Crippen LogP contribution in [-0.4, -0.2) is 56.3 Å². The van der Waals surface area contributed by atoms with Gasteiger partial charge in [-0.15, -0.1) is 0 Å². The van der Waals surface area contributed by atoms with Crippen LogP contribution in [0.3, 0.4) is 0 Å². The van der Waals surface area contributed by atoms with Gasteiger partial charge in [0.05, 0.1) is 40.8 Å². The van der Waals surface area contributed by atoms with E-state index in [-0.39, 0.29) is 35.2 Å². The van der Waals surface area contributed by atoms with Gasteiger partial charge in [-0.25, -0.2) is 0 Å². The molecule has 358 valence electrons. The topological polar surface area (TPSA) is 113 Å². The molecule has 2 heterocycles. The third kappa shape index (κ3) is 16.7. The minimum atomic E-state index is -0.759. The maximum atomic E-state index is 11.1. The zero-order valence-corrected chi connectivity index (χ0v) is 42.0. The summed E-state index contributed by atoms with van der Waals surface area (Å²) in [5.74, 6) is 0.102. The van der Waals surface area contributed by atoms with Crippen molar-refractivity contribution < 1.29 is 34.4 Å². The summed E-state index contributed by atoms with van der Waals surface area (Å²) in [6.45, 7) is 24.1. The van der Waals surface area contributed by atoms with Crippen LogP contribution >= 0.6 is 0 Å². The summed E-state index contributed by atoms with van der Waals surface area (Å²) in [5.41, 5.74) is 8.02. The minimum absolute atomic E-state index is 0.108. The average Bonchev–Trinajstić information content (AvgIpc) is 3.20. The van der Waals surface area contributed by atoms with Gasteiger partial charge in [-0.2, -0.15) is 0 Å². The molecular formula is C56H92O7. The van der Waals surface area contributed by atoms with E-state index in [1.807, 2.05) is 6.92 Å². The predicted octanol–water partition coefficient (Wildman–Crippen LogP) is 14.7. The number of hydrogen-bond acceptors (Lipinski definition) is 5. The van der Waals surface area contributed by atoms with Crippen molar-refractivity contribution in [2.75, 3.05) is 0 Å². The average molecular weight is 877 g/mol. The number of ether oxygens (including phenoxy) is 2. The van der Waals surface area contributed by atoms with E-state index in [4.69, 9.17) is 19.7 Å². The van der Waals surface area contributed by atoms with E-state index >= 15 is 0 Å². The summed E-state index contributed by atoms with van der Waals surface area (Å²) < 4.78 is 14.5. The SMILES string of the molecule is C/C(=C\CCC1(C)CCC2=C(CC3C(C)CC=C4CCC(C)(CC/C=C(\C)CCCC(C)(O)CCCC(C)C(=O)O)OC43)CC(C)C(C)C2O1)CC/C=C(\C)CCCC(C)C(=O)O. The maximum Gasteiger partial charge on any atom is 0.306 e. The van der Waals surface area contributed by atoms with Crippen LogP contribution in [0.1, 0.15) is 217 Å². The molecule has 0 bridgehead atoms. The number of aliphatic hydroxyl groups is 1. The highest BCUT2D eigenvalue weighted by atomic mass is 16.5. The first-order chi connectivity index (χ1) is 29.6. The molecule has 4 aliphatic rings. The van der Waals surface area contributed by atoms with E-state index in [0.717, 1.165) is 122 Å². The lowest BCUT2D eigenvalue weighted by Crippen LogP contribution is -2.47. The van der Waals surface area contributed by atoms with Gasteiger partial charge in [-0.1, -0.05) is 81.2 Å². The molecule has 2 saturated heterocycles. The molecule has 3 N–H and O–H groups in total. The van der Waals surface area contributed by atoms with Gasteiger partial charge in [0, 0.05) is 0 Å². The van der Waals surface area contributed by atoms with Crippen molar-refractivity contribution in [2.24, 2.45) is 35.5 Å². The van der Waals surface area contributed by atoms with Crippen LogP contribution in [0.25, 0.3) is 0 Å². The van der Waals surface area contributed by atoms with Crippen molar-refractivity contribution in [3.8, 4) is 0 Å². The Balaban J connectivity index is 1.29. The van der Waals surface area contributed by atoms with E-state index in [2.05, 4.69) is 79.7 Å². The van der Waals surface area contributed by atoms with Crippen LogP contribution in [0.15, 0.2) is 57.7 Å². The first-order valence-corrected chi connectivity index (χ1v) is 25.5. The van der Waals surface area contributed by atoms with E-state index < -0.39 is 17.5 Å². The van der Waals surface area contributed by atoms with Crippen molar-refractivity contribution in [1.82, 2.24) is 0 Å². The summed E-state index contributed by atoms with van der Waals surface area (Å²) in [4.78, 5) is 22.3. The molecule has 0 aromatic rings. The van der Waals surface area contributed by atoms with Crippen LogP contribution < -0.4 is 0 Å². The predicted molar refractivity (Wildman–Crippen MR) is 260 cm³/mol. The zero-order valence-electron chi connectivity index (χ0n) is 42.0. The Morgan fingerprint density at radius 2 is 1.29 bits per heavy atom. The Hall–Kier alpha value is -2.48. The molecule has 63 heavy (non-hydrogen) atoms. The number of hydrogen-bond donors (Lipinski definition) is 3. The number of allylic oxidation sites excluding steroid dienone is 8. The van der Waals surface area contributed by atoms with Crippen molar-refractivity contribution in [1.29, 1.82) is 0 Å². The lowest BCUT2D eigenvalue weighted by atomic mass is 9.66. The largest absolute Gasteiger partial charge is 0.481 e. The Bertz CT molecular complexity index is 1660. The normalized spacial score (nSPS) is 31.4. The summed E-state index contributed by atoms with van der Waals surface area (Å²) >= 11 is 0. The molecule has 7 heteroatoms. The highest BCUT2D eigenvalue weighted by Gasteiger charge is 2.46. The second-order valence-corrected chi connectivity index (χ2v) is 22.4. The van der Waals surface area contributed by atoms with E-state index in [1.165, 1.54) is 28.7 Å². The summed E-state index contributed by atoms with van der Waals surface area (Å²) in [7, 11) is 0. The van der Waals surface area contributed by atoms with Crippen LogP contribution in [0.2, 0.25) is 0 Å². The smallest absolute Gasteiger partial charge is 0.306 e. The Morgan fingerprint density at radius 3 is 1.90 bits per heavy atom. The second kappa shape index (κ2) is 24.3. The van der Waals surface area contributed by atoms with Crippen LogP contribution in [0.5, 0.6) is 0 Å². The molecule has 0 aromatic carbocycles. The molecule has 0 saturated carbocycles. The molecule has 2 fully saturated rings. The van der Waals surface area contributed by atoms with Gasteiger partial charge >= 0.3 is 11.9 Å². The number of aliphatic carboxylic acids is 2. The van der Waals surface area contributed by atoms with Crippen LogP contribution in [0, 0.1) is 35.5 Å².